The maximum atomic E-state index is 13.2. The molecule has 1 amide bonds. The van der Waals surface area contributed by atoms with Gasteiger partial charge in [0, 0.05) is 104 Å². The second-order valence-electron chi connectivity index (χ2n) is 23.1. The highest BCUT2D eigenvalue weighted by Crippen LogP contribution is 2.32. The largest absolute Gasteiger partial charge is 0.478 e. The molecule has 1 aliphatic carbocycles. The number of benzene rings is 6. The highest BCUT2D eigenvalue weighted by molar-refractivity contribution is 14.1. The number of amides is 1. The van der Waals surface area contributed by atoms with Crippen molar-refractivity contribution in [2.24, 2.45) is 0 Å². The molecule has 0 atom stereocenters. The molecule has 0 fully saturated rings. The highest BCUT2D eigenvalue weighted by Gasteiger charge is 2.26. The van der Waals surface area contributed by atoms with E-state index in [-0.39, 0.29) is 47.6 Å². The van der Waals surface area contributed by atoms with Crippen LogP contribution in [0.25, 0.3) is 44.9 Å². The van der Waals surface area contributed by atoms with Gasteiger partial charge in [0.05, 0.1) is 89.7 Å². The molecule has 11 aromatic rings. The molecular weight excluding hydrogens is 1430 g/mol. The molecule has 103 heavy (non-hydrogen) atoms. The number of hydrogen-bond donors (Lipinski definition) is 5. The van der Waals surface area contributed by atoms with Crippen LogP contribution in [0.15, 0.2) is 195 Å². The third-order valence-corrected chi connectivity index (χ3v) is 16.8. The van der Waals surface area contributed by atoms with Crippen LogP contribution in [0.4, 0.5) is 5.95 Å². The zero-order valence-electron chi connectivity index (χ0n) is 57.0. The SMILES string of the molecule is COC(=O)c1ccc(-c2[nH]ncc2I)cc1.COC(=O)c1ccc(-c2ccn[nH]2)cc1.COC(=O)c1ccc(C(=O)/C=C/N(C)C)cc1.COC(=O)c1ccc(C(C)=O)cc1.O=C(O)c1ccc(-c2nn(CC(=O)N3CCc4n[nH]nc4C3)cc2-c2cnc(NC3Cc4ccccc4C3)nc2)cc1. The average Bonchev–Trinajstić information content (AvgIpc) is 1.66. The molecule has 6 heterocycles. The van der Waals surface area contributed by atoms with Gasteiger partial charge < -0.3 is 39.2 Å². The molecule has 5 N–H and O–H groups in total. The Morgan fingerprint density at radius 2 is 1.11 bits per heavy atom. The van der Waals surface area contributed by atoms with E-state index in [4.69, 9.17) is 5.10 Å². The minimum Gasteiger partial charge on any atom is -0.478 e. The Bertz CT molecular complexity index is 4740. The van der Waals surface area contributed by atoms with Crippen molar-refractivity contribution in [3.05, 3.63) is 260 Å². The number of Topliss-reactive ketones (excluding diaryl/α,β-unsaturated/α-hetero) is 1. The van der Waals surface area contributed by atoms with Gasteiger partial charge in [-0.1, -0.05) is 84.9 Å². The number of aromatic amines is 3. The number of aromatic carboxylic acids is 1. The van der Waals surface area contributed by atoms with Crippen molar-refractivity contribution in [1.29, 1.82) is 0 Å². The van der Waals surface area contributed by atoms with E-state index in [0.29, 0.717) is 64.5 Å². The van der Waals surface area contributed by atoms with Crippen LogP contribution < -0.4 is 5.32 Å². The van der Waals surface area contributed by atoms with Crippen LogP contribution in [-0.4, -0.2) is 173 Å². The first kappa shape index (κ1) is 74.6. The summed E-state index contributed by atoms with van der Waals surface area (Å²) in [5.74, 6) is -2.12. The van der Waals surface area contributed by atoms with E-state index in [1.807, 2.05) is 50.6 Å². The number of carbonyl (C=O) groups excluding carboxylic acids is 7. The predicted molar refractivity (Wildman–Crippen MR) is 389 cm³/mol. The summed E-state index contributed by atoms with van der Waals surface area (Å²) in [6, 6.07) is 44.1. The number of nitrogens with one attached hydrogen (secondary N) is 4. The van der Waals surface area contributed by atoms with Crippen LogP contribution >= 0.6 is 22.6 Å². The maximum absolute atomic E-state index is 13.2. The minimum atomic E-state index is -1.00. The number of fused-ring (bicyclic) bond motifs is 2. The Kier molecular flexibility index (Phi) is 26.0. The lowest BCUT2D eigenvalue weighted by atomic mass is 10.0. The summed E-state index contributed by atoms with van der Waals surface area (Å²) in [5, 5.41) is 42.0. The van der Waals surface area contributed by atoms with Crippen molar-refractivity contribution < 1.29 is 62.4 Å². The number of nitrogens with zero attached hydrogens (tertiary/aromatic N) is 10. The molecule has 13 rings (SSSR count). The number of carbonyl (C=O) groups is 8. The van der Waals surface area contributed by atoms with Crippen LogP contribution in [0.3, 0.4) is 0 Å². The minimum absolute atomic E-state index is 0.0172. The Morgan fingerprint density at radius 1 is 0.602 bits per heavy atom. The first-order chi connectivity index (χ1) is 49.7. The summed E-state index contributed by atoms with van der Waals surface area (Å²) in [5.41, 5.74) is 14.3. The van der Waals surface area contributed by atoms with Crippen molar-refractivity contribution in [3.8, 4) is 44.9 Å². The van der Waals surface area contributed by atoms with Gasteiger partial charge in [0.1, 0.15) is 17.9 Å². The van der Waals surface area contributed by atoms with Gasteiger partial charge in [-0.15, -0.1) is 0 Å². The van der Waals surface area contributed by atoms with Crippen molar-refractivity contribution in [2.45, 2.75) is 45.3 Å². The fourth-order valence-electron chi connectivity index (χ4n) is 10.5. The summed E-state index contributed by atoms with van der Waals surface area (Å²) in [6.45, 7) is 2.48. The number of halogens is 1. The molecule has 526 valence electrons. The van der Waals surface area contributed by atoms with Crippen LogP contribution in [0, 0.1) is 3.57 Å². The Labute approximate surface area is 604 Å². The van der Waals surface area contributed by atoms with E-state index < -0.39 is 17.9 Å². The van der Waals surface area contributed by atoms with E-state index in [1.165, 1.54) is 64.7 Å². The number of ketones is 2. The van der Waals surface area contributed by atoms with Crippen LogP contribution in [-0.2, 0) is 56.1 Å². The Hall–Kier alpha value is -12.6. The smallest absolute Gasteiger partial charge is 0.337 e. The summed E-state index contributed by atoms with van der Waals surface area (Å²) in [6.07, 6.45) is 14.4. The molecular formula is C75H71IN14O13. The summed E-state index contributed by atoms with van der Waals surface area (Å²) in [7, 11) is 9.05. The highest BCUT2D eigenvalue weighted by atomic mass is 127. The van der Waals surface area contributed by atoms with Crippen molar-refractivity contribution >= 4 is 75.9 Å². The third kappa shape index (κ3) is 20.3. The zero-order valence-corrected chi connectivity index (χ0v) is 59.1. The number of methoxy groups -OCH3 is 4. The first-order valence-electron chi connectivity index (χ1n) is 31.8. The third-order valence-electron chi connectivity index (χ3n) is 16.0. The molecule has 5 aromatic heterocycles. The molecule has 28 heteroatoms. The molecule has 1 aliphatic heterocycles. The van der Waals surface area contributed by atoms with Crippen molar-refractivity contribution in [2.75, 3.05) is 54.4 Å². The lowest BCUT2D eigenvalue weighted by molar-refractivity contribution is -0.133. The Balaban J connectivity index is 0.000000167. The number of anilines is 1. The lowest BCUT2D eigenvalue weighted by Crippen LogP contribution is -2.38. The van der Waals surface area contributed by atoms with E-state index in [9.17, 15) is 43.5 Å². The van der Waals surface area contributed by atoms with Gasteiger partial charge in [0.25, 0.3) is 0 Å². The normalized spacial score (nSPS) is 11.8. The van der Waals surface area contributed by atoms with Gasteiger partial charge in [0.2, 0.25) is 11.9 Å². The summed E-state index contributed by atoms with van der Waals surface area (Å²) in [4.78, 5) is 104. The maximum Gasteiger partial charge on any atom is 0.337 e. The van der Waals surface area contributed by atoms with Gasteiger partial charge in [-0.05, 0) is 126 Å². The Morgan fingerprint density at radius 3 is 1.60 bits per heavy atom. The van der Waals surface area contributed by atoms with Crippen molar-refractivity contribution in [3.63, 3.8) is 0 Å². The number of hydrogen-bond acceptors (Lipinski definition) is 21. The molecule has 0 saturated heterocycles. The predicted octanol–water partition coefficient (Wildman–Crippen LogP) is 10.7. The molecule has 6 aromatic carbocycles. The van der Waals surface area contributed by atoms with Gasteiger partial charge in [-0.2, -0.15) is 30.7 Å². The number of rotatable bonds is 17. The van der Waals surface area contributed by atoms with Crippen LogP contribution in [0.5, 0.6) is 0 Å². The van der Waals surface area contributed by atoms with Gasteiger partial charge in [-0.3, -0.25) is 29.3 Å². The van der Waals surface area contributed by atoms with Gasteiger partial charge >= 0.3 is 29.8 Å². The van der Waals surface area contributed by atoms with Crippen LogP contribution in [0.2, 0.25) is 0 Å². The molecule has 0 radical (unpaired) electrons. The molecule has 0 saturated carbocycles. The molecule has 27 nitrogen and oxygen atoms in total. The number of allylic oxidation sites excluding steroid dienone is 1. The van der Waals surface area contributed by atoms with Gasteiger partial charge in [0.15, 0.2) is 11.6 Å². The molecule has 0 bridgehead atoms. The number of H-pyrrole nitrogens is 3. The average molecular weight is 1500 g/mol. The zero-order chi connectivity index (χ0) is 73.5. The van der Waals surface area contributed by atoms with Crippen molar-refractivity contribution in [1.82, 2.24) is 65.4 Å². The second-order valence-corrected chi connectivity index (χ2v) is 24.3. The standard InChI is InChI=1S/C30H27N9O3.C13H15NO3.C11H9IN2O2.C11H10N2O2.C10H10O3/c40-27(38-10-9-25-26(16-38)35-37-34-25)17-39-15-24(28(36-39)18-5-7-19(8-6-18)29(41)42)22-13-31-30(32-14-22)33-23-11-20-3-1-2-4-21(20)12-23;1-14(2)9-8-12(15)10-4-6-11(7-5-10)13(16)17-3;1-16-11(15)8-4-2-7(3-5-8)10-9(12)6-13-14-10;1-15-11(14)9-4-2-8(3-5-9)10-6-7-12-13-10;1-7(11)8-3-5-9(6-4-8)10(12)13-2/h1-8,13-15,23H,9-12,16-17H2,(H,41,42)(H,31,32,33)(H,34,35,37);4-9H,1-3H3;2-6H,1H3,(H,13,14);2-7H,1H3,(H,12,13);3-6H,1-2H3/b;9-8+;;;. The number of carboxylic acids is 1. The summed E-state index contributed by atoms with van der Waals surface area (Å²) < 4.78 is 21.0. The second kappa shape index (κ2) is 36.0. The molecule has 0 unspecified atom stereocenters. The van der Waals surface area contributed by atoms with Crippen LogP contribution in [0.1, 0.15) is 102 Å². The van der Waals surface area contributed by atoms with E-state index in [1.54, 1.807) is 130 Å². The van der Waals surface area contributed by atoms with E-state index in [2.05, 4.69) is 117 Å². The number of carboxylic acid groups (broad SMARTS) is 1. The van der Waals surface area contributed by atoms with E-state index >= 15 is 0 Å². The number of esters is 4. The van der Waals surface area contributed by atoms with Gasteiger partial charge in [-0.25, -0.2) is 33.9 Å². The first-order valence-corrected chi connectivity index (χ1v) is 32.9. The topological polar surface area (TPSA) is 355 Å². The monoisotopic (exact) mass is 1500 g/mol. The lowest BCUT2D eigenvalue weighted by Gasteiger charge is -2.25. The van der Waals surface area contributed by atoms with E-state index in [0.717, 1.165) is 67.0 Å². The number of aromatic nitrogens is 11. The fourth-order valence-corrected chi connectivity index (χ4v) is 11.1. The quantitative estimate of drug-likeness (QED) is 0.0186. The number of ether oxygens (including phenoxy) is 4. The molecule has 0 spiro atoms. The molecule has 2 aliphatic rings. The summed E-state index contributed by atoms with van der Waals surface area (Å²) >= 11 is 2.20. The fraction of sp³-hybridized carbons (Fsp3) is 0.187.